The number of nitrogens with zero attached hydrogens (tertiary/aromatic N) is 2. The number of nitrogens with two attached hydrogens (primary N) is 1. The highest BCUT2D eigenvalue weighted by Crippen LogP contribution is 2.18. The van der Waals surface area contributed by atoms with Crippen molar-refractivity contribution in [2.45, 2.75) is 6.10 Å². The zero-order valence-corrected chi connectivity index (χ0v) is 9.43. The first kappa shape index (κ1) is 11.2. The van der Waals surface area contributed by atoms with Gasteiger partial charge in [0.05, 0.1) is 19.8 Å². The van der Waals surface area contributed by atoms with Gasteiger partial charge in [-0.15, -0.1) is 0 Å². The average Bonchev–Trinajstić information content (AvgIpc) is 2.39. The number of morpholine rings is 1. The molecule has 2 rings (SSSR count). The SMILES string of the molecule is COc1cccc(N2CCOC(CN)C2)n1. The summed E-state index contributed by atoms with van der Waals surface area (Å²) in [5, 5.41) is 0. The van der Waals surface area contributed by atoms with Gasteiger partial charge in [0.15, 0.2) is 0 Å². The Morgan fingerprint density at radius 3 is 3.25 bits per heavy atom. The molecule has 1 aliphatic heterocycles. The fourth-order valence-corrected chi connectivity index (χ4v) is 1.76. The van der Waals surface area contributed by atoms with Crippen molar-refractivity contribution in [2.24, 2.45) is 5.73 Å². The van der Waals surface area contributed by atoms with Gasteiger partial charge >= 0.3 is 0 Å². The molecule has 0 aromatic carbocycles. The van der Waals surface area contributed by atoms with E-state index in [9.17, 15) is 0 Å². The van der Waals surface area contributed by atoms with Gasteiger partial charge in [0, 0.05) is 25.7 Å². The average molecular weight is 223 g/mol. The molecule has 0 aliphatic carbocycles. The number of anilines is 1. The third-order valence-electron chi connectivity index (χ3n) is 2.64. The first-order valence-corrected chi connectivity index (χ1v) is 5.41. The maximum absolute atomic E-state index is 5.60. The number of rotatable bonds is 3. The Bertz CT molecular complexity index is 346. The monoisotopic (exact) mass is 223 g/mol. The van der Waals surface area contributed by atoms with Gasteiger partial charge < -0.3 is 20.1 Å². The lowest BCUT2D eigenvalue weighted by Crippen LogP contribution is -2.46. The lowest BCUT2D eigenvalue weighted by atomic mass is 10.2. The van der Waals surface area contributed by atoms with Gasteiger partial charge in [-0.2, -0.15) is 4.98 Å². The van der Waals surface area contributed by atoms with Crippen LogP contribution >= 0.6 is 0 Å². The molecule has 5 nitrogen and oxygen atoms in total. The molecule has 2 heterocycles. The van der Waals surface area contributed by atoms with Crippen LogP contribution in [-0.2, 0) is 4.74 Å². The molecule has 0 bridgehead atoms. The van der Waals surface area contributed by atoms with Gasteiger partial charge in [-0.25, -0.2) is 0 Å². The highest BCUT2D eigenvalue weighted by Gasteiger charge is 2.20. The molecule has 1 aliphatic rings. The fourth-order valence-electron chi connectivity index (χ4n) is 1.76. The van der Waals surface area contributed by atoms with Crippen LogP contribution in [0.5, 0.6) is 5.88 Å². The summed E-state index contributed by atoms with van der Waals surface area (Å²) < 4.78 is 10.6. The Balaban J connectivity index is 2.10. The van der Waals surface area contributed by atoms with E-state index < -0.39 is 0 Å². The van der Waals surface area contributed by atoms with Crippen LogP contribution in [0.3, 0.4) is 0 Å². The highest BCUT2D eigenvalue weighted by atomic mass is 16.5. The number of hydrogen-bond acceptors (Lipinski definition) is 5. The van der Waals surface area contributed by atoms with Gasteiger partial charge in [0.2, 0.25) is 5.88 Å². The molecule has 1 atom stereocenters. The molecule has 16 heavy (non-hydrogen) atoms. The lowest BCUT2D eigenvalue weighted by Gasteiger charge is -2.33. The molecule has 88 valence electrons. The second kappa shape index (κ2) is 5.14. The number of aromatic nitrogens is 1. The topological polar surface area (TPSA) is 60.6 Å². The van der Waals surface area contributed by atoms with Crippen molar-refractivity contribution < 1.29 is 9.47 Å². The zero-order valence-electron chi connectivity index (χ0n) is 9.43. The smallest absolute Gasteiger partial charge is 0.214 e. The van der Waals surface area contributed by atoms with Crippen LogP contribution in [0.1, 0.15) is 0 Å². The molecule has 5 heteroatoms. The van der Waals surface area contributed by atoms with E-state index in [-0.39, 0.29) is 6.10 Å². The molecule has 0 radical (unpaired) electrons. The summed E-state index contributed by atoms with van der Waals surface area (Å²) in [4.78, 5) is 6.56. The summed E-state index contributed by atoms with van der Waals surface area (Å²) in [5.74, 6) is 1.55. The number of ether oxygens (including phenoxy) is 2. The highest BCUT2D eigenvalue weighted by molar-refractivity contribution is 5.41. The van der Waals surface area contributed by atoms with E-state index in [1.54, 1.807) is 7.11 Å². The quantitative estimate of drug-likeness (QED) is 0.796. The van der Waals surface area contributed by atoms with Crippen LogP contribution < -0.4 is 15.4 Å². The van der Waals surface area contributed by atoms with E-state index in [0.29, 0.717) is 19.0 Å². The number of hydrogen-bond donors (Lipinski definition) is 1. The molecule has 1 unspecified atom stereocenters. The van der Waals surface area contributed by atoms with Crippen LogP contribution in [0.2, 0.25) is 0 Å². The minimum absolute atomic E-state index is 0.0988. The summed E-state index contributed by atoms with van der Waals surface area (Å²) in [7, 11) is 1.62. The van der Waals surface area contributed by atoms with E-state index >= 15 is 0 Å². The van der Waals surface area contributed by atoms with Crippen LogP contribution in [0, 0.1) is 0 Å². The van der Waals surface area contributed by atoms with Crippen molar-refractivity contribution in [3.8, 4) is 5.88 Å². The van der Waals surface area contributed by atoms with Crippen LogP contribution in [0.15, 0.2) is 18.2 Å². The van der Waals surface area contributed by atoms with Crippen molar-refractivity contribution in [2.75, 3.05) is 38.3 Å². The minimum atomic E-state index is 0.0988. The Labute approximate surface area is 95.2 Å². The Kier molecular flexibility index (Phi) is 3.58. The lowest BCUT2D eigenvalue weighted by molar-refractivity contribution is 0.0462. The van der Waals surface area contributed by atoms with E-state index in [4.69, 9.17) is 15.2 Å². The molecule has 0 amide bonds. The van der Waals surface area contributed by atoms with Crippen LogP contribution in [0.4, 0.5) is 5.82 Å². The third-order valence-corrected chi connectivity index (χ3v) is 2.64. The van der Waals surface area contributed by atoms with E-state index in [0.717, 1.165) is 18.9 Å². The van der Waals surface area contributed by atoms with Gasteiger partial charge in [-0.1, -0.05) is 6.07 Å². The van der Waals surface area contributed by atoms with E-state index in [2.05, 4.69) is 9.88 Å². The number of pyridine rings is 1. The second-order valence-corrected chi connectivity index (χ2v) is 3.71. The second-order valence-electron chi connectivity index (χ2n) is 3.71. The summed E-state index contributed by atoms with van der Waals surface area (Å²) in [6.45, 7) is 2.87. The summed E-state index contributed by atoms with van der Waals surface area (Å²) in [6, 6.07) is 5.75. The Morgan fingerprint density at radius 1 is 1.62 bits per heavy atom. The predicted molar refractivity (Wildman–Crippen MR) is 61.8 cm³/mol. The zero-order chi connectivity index (χ0) is 11.4. The molecule has 0 spiro atoms. The van der Waals surface area contributed by atoms with E-state index in [1.807, 2.05) is 18.2 Å². The van der Waals surface area contributed by atoms with Crippen molar-refractivity contribution in [3.63, 3.8) is 0 Å². The van der Waals surface area contributed by atoms with Crippen molar-refractivity contribution in [1.82, 2.24) is 4.98 Å². The maximum Gasteiger partial charge on any atom is 0.214 e. The number of methoxy groups -OCH3 is 1. The van der Waals surface area contributed by atoms with Crippen LogP contribution in [-0.4, -0.2) is 44.4 Å². The summed E-state index contributed by atoms with van der Waals surface area (Å²) in [6.07, 6.45) is 0.0988. The van der Waals surface area contributed by atoms with Gasteiger partial charge in [0.25, 0.3) is 0 Å². The Morgan fingerprint density at radius 2 is 2.50 bits per heavy atom. The van der Waals surface area contributed by atoms with Crippen molar-refractivity contribution >= 4 is 5.82 Å². The molecular formula is C11H17N3O2. The normalized spacial score (nSPS) is 20.9. The van der Waals surface area contributed by atoms with Gasteiger partial charge in [0.1, 0.15) is 5.82 Å². The fraction of sp³-hybridized carbons (Fsp3) is 0.545. The molecule has 1 saturated heterocycles. The van der Waals surface area contributed by atoms with Gasteiger partial charge in [-0.3, -0.25) is 0 Å². The molecule has 2 N–H and O–H groups in total. The molecule has 0 saturated carbocycles. The minimum Gasteiger partial charge on any atom is -0.481 e. The Hall–Kier alpha value is -1.33. The first-order chi connectivity index (χ1) is 7.83. The summed E-state index contributed by atoms with van der Waals surface area (Å²) in [5.41, 5.74) is 5.60. The molecule has 1 aromatic rings. The molecular weight excluding hydrogens is 206 g/mol. The largest absolute Gasteiger partial charge is 0.481 e. The van der Waals surface area contributed by atoms with Gasteiger partial charge in [-0.05, 0) is 6.07 Å². The standard InChI is InChI=1S/C11H17N3O2/c1-15-11-4-2-3-10(13-11)14-5-6-16-9(7-12)8-14/h2-4,9H,5-8,12H2,1H3. The third kappa shape index (κ3) is 2.43. The summed E-state index contributed by atoms with van der Waals surface area (Å²) >= 11 is 0. The van der Waals surface area contributed by atoms with E-state index in [1.165, 1.54) is 0 Å². The molecule has 1 fully saturated rings. The van der Waals surface area contributed by atoms with Crippen molar-refractivity contribution in [1.29, 1.82) is 0 Å². The predicted octanol–water partition coefficient (Wildman–Crippen LogP) is 0.254. The maximum atomic E-state index is 5.60. The van der Waals surface area contributed by atoms with Crippen LogP contribution in [0.25, 0.3) is 0 Å². The molecule has 1 aromatic heterocycles. The van der Waals surface area contributed by atoms with Crippen molar-refractivity contribution in [3.05, 3.63) is 18.2 Å². The first-order valence-electron chi connectivity index (χ1n) is 5.41.